The molecule has 2 aromatic heterocycles. The maximum absolute atomic E-state index is 11.1. The Morgan fingerprint density at radius 1 is 0.900 bits per heavy atom. The van der Waals surface area contributed by atoms with Gasteiger partial charge in [0.1, 0.15) is 29.0 Å². The van der Waals surface area contributed by atoms with E-state index in [1.54, 1.807) is 24.4 Å². The highest BCUT2D eigenvalue weighted by atomic mass is 16.8. The molecule has 4 aromatic rings. The molecule has 1 unspecified atom stereocenters. The first-order valence-corrected chi connectivity index (χ1v) is 9.59. The molecule has 0 aliphatic carbocycles. The first-order chi connectivity index (χ1) is 14.5. The van der Waals surface area contributed by atoms with Crippen molar-refractivity contribution in [2.24, 2.45) is 4.99 Å². The Morgan fingerprint density at radius 3 is 2.07 bits per heavy atom. The summed E-state index contributed by atoms with van der Waals surface area (Å²) >= 11 is 0. The molecule has 152 valence electrons. The summed E-state index contributed by atoms with van der Waals surface area (Å²) in [6, 6.07) is 22.4. The largest absolute Gasteiger partial charge is 0.595 e. The molecule has 0 spiro atoms. The van der Waals surface area contributed by atoms with Crippen molar-refractivity contribution in [3.8, 4) is 0 Å². The Kier molecular flexibility index (Phi) is 5.63. The van der Waals surface area contributed by atoms with Crippen LogP contribution >= 0.6 is 0 Å². The van der Waals surface area contributed by atoms with Crippen LogP contribution in [-0.4, -0.2) is 11.4 Å². The summed E-state index contributed by atoms with van der Waals surface area (Å²) in [5.41, 5.74) is 2.77. The second-order valence-corrected chi connectivity index (χ2v) is 7.11. The van der Waals surface area contributed by atoms with Gasteiger partial charge in [0.2, 0.25) is 0 Å². The Morgan fingerprint density at radius 2 is 1.53 bits per heavy atom. The van der Waals surface area contributed by atoms with E-state index in [1.165, 1.54) is 0 Å². The van der Waals surface area contributed by atoms with Gasteiger partial charge in [0, 0.05) is 18.3 Å². The van der Waals surface area contributed by atoms with Gasteiger partial charge in [0.25, 0.3) is 0 Å². The number of nitrogens with one attached hydrogen (secondary N) is 1. The molecule has 0 aliphatic rings. The standard InChI is InChI=1S/C24H22N2O4/c1-16-6-12-22(29-16)24(23-13-7-17(2)30-23)19-8-10-20(11-9-19)25-15-18-4-3-5-21(14-18)26(27)28/h3-15,24,26-27H,1-2H3. The van der Waals surface area contributed by atoms with E-state index >= 15 is 0 Å². The molecular weight excluding hydrogens is 380 g/mol. The van der Waals surface area contributed by atoms with Gasteiger partial charge in [-0.25, -0.2) is 5.21 Å². The predicted octanol–water partition coefficient (Wildman–Crippen LogP) is 4.82. The molecule has 0 bridgehead atoms. The minimum absolute atomic E-state index is 0.141. The number of quaternary nitrogens is 1. The number of aliphatic imine (C=N–C) groups is 1. The van der Waals surface area contributed by atoms with Crippen LogP contribution in [0.15, 0.2) is 86.6 Å². The van der Waals surface area contributed by atoms with Gasteiger partial charge in [0.05, 0.1) is 5.69 Å². The fraction of sp³-hybridized carbons (Fsp3) is 0.125. The number of hydrogen-bond acceptors (Lipinski definition) is 5. The van der Waals surface area contributed by atoms with Gasteiger partial charge in [-0.1, -0.05) is 24.3 Å². The Bertz CT molecular complexity index is 1120. The molecule has 0 saturated carbocycles. The van der Waals surface area contributed by atoms with Gasteiger partial charge < -0.3 is 14.0 Å². The summed E-state index contributed by atoms with van der Waals surface area (Å²) in [6.07, 6.45) is 1.66. The number of rotatable bonds is 6. The van der Waals surface area contributed by atoms with E-state index in [9.17, 15) is 5.21 Å². The number of nitrogens with zero attached hydrogens (tertiary/aromatic N) is 1. The zero-order chi connectivity index (χ0) is 21.1. The van der Waals surface area contributed by atoms with Crippen LogP contribution in [0.25, 0.3) is 0 Å². The molecule has 1 atom stereocenters. The molecule has 4 rings (SSSR count). The average molecular weight is 402 g/mol. The van der Waals surface area contributed by atoms with Crippen molar-refractivity contribution in [2.75, 3.05) is 0 Å². The molecule has 2 N–H and O–H groups in total. The normalized spacial score (nSPS) is 12.7. The van der Waals surface area contributed by atoms with E-state index in [4.69, 9.17) is 14.0 Å². The first-order valence-electron chi connectivity index (χ1n) is 9.59. The number of aryl methyl sites for hydroxylation is 2. The summed E-state index contributed by atoms with van der Waals surface area (Å²) in [4.78, 5) is 4.47. The minimum atomic E-state index is -0.957. The molecule has 2 aromatic carbocycles. The van der Waals surface area contributed by atoms with E-state index in [0.717, 1.165) is 39.9 Å². The maximum atomic E-state index is 11.1. The second-order valence-electron chi connectivity index (χ2n) is 7.11. The molecule has 0 radical (unpaired) electrons. The van der Waals surface area contributed by atoms with E-state index in [2.05, 4.69) is 4.99 Å². The van der Waals surface area contributed by atoms with Crippen LogP contribution in [-0.2, 0) is 0 Å². The van der Waals surface area contributed by atoms with Gasteiger partial charge in [-0.15, -0.1) is 0 Å². The smallest absolute Gasteiger partial charge is 0.164 e. The lowest BCUT2D eigenvalue weighted by Crippen LogP contribution is -2.99. The predicted molar refractivity (Wildman–Crippen MR) is 114 cm³/mol. The summed E-state index contributed by atoms with van der Waals surface area (Å²) in [6.45, 7) is 3.84. The lowest BCUT2D eigenvalue weighted by atomic mass is 9.94. The Balaban J connectivity index is 1.60. The quantitative estimate of drug-likeness (QED) is 0.357. The zero-order valence-electron chi connectivity index (χ0n) is 16.7. The Hall–Kier alpha value is -3.45. The molecule has 2 heterocycles. The van der Waals surface area contributed by atoms with Gasteiger partial charge >= 0.3 is 0 Å². The number of hydrogen-bond donors (Lipinski definition) is 2. The van der Waals surface area contributed by atoms with Crippen molar-refractivity contribution < 1.29 is 19.3 Å². The molecule has 6 heteroatoms. The van der Waals surface area contributed by atoms with Crippen LogP contribution in [0, 0.1) is 19.1 Å². The van der Waals surface area contributed by atoms with Gasteiger partial charge in [0.15, 0.2) is 5.69 Å². The first kappa shape index (κ1) is 19.8. The van der Waals surface area contributed by atoms with Crippen LogP contribution < -0.4 is 5.23 Å². The van der Waals surface area contributed by atoms with Gasteiger partial charge in [-0.05, 0) is 61.4 Å². The third-order valence-corrected chi connectivity index (χ3v) is 4.81. The number of furan rings is 2. The highest BCUT2D eigenvalue weighted by Gasteiger charge is 2.23. The molecule has 30 heavy (non-hydrogen) atoms. The molecule has 6 nitrogen and oxygen atoms in total. The molecule has 0 saturated heterocycles. The maximum Gasteiger partial charge on any atom is 0.164 e. The summed E-state index contributed by atoms with van der Waals surface area (Å²) in [5.74, 6) is 3.20. The topological polar surface area (TPSA) is 86.4 Å². The van der Waals surface area contributed by atoms with E-state index in [-0.39, 0.29) is 11.6 Å². The molecule has 0 amide bonds. The van der Waals surface area contributed by atoms with Crippen LogP contribution in [0.3, 0.4) is 0 Å². The summed E-state index contributed by atoms with van der Waals surface area (Å²) in [7, 11) is 0. The molecule has 0 fully saturated rings. The van der Waals surface area contributed by atoms with Crippen LogP contribution in [0.5, 0.6) is 0 Å². The second kappa shape index (κ2) is 8.51. The fourth-order valence-electron chi connectivity index (χ4n) is 3.34. The molecule has 0 aliphatic heterocycles. The van der Waals surface area contributed by atoms with Gasteiger partial charge in [-0.2, -0.15) is 5.23 Å². The van der Waals surface area contributed by atoms with Crippen molar-refractivity contribution in [1.82, 2.24) is 0 Å². The minimum Gasteiger partial charge on any atom is -0.595 e. The van der Waals surface area contributed by atoms with Crippen LogP contribution in [0.2, 0.25) is 0 Å². The van der Waals surface area contributed by atoms with Crippen molar-refractivity contribution >= 4 is 17.6 Å². The van der Waals surface area contributed by atoms with Crippen LogP contribution in [0.1, 0.15) is 40.1 Å². The van der Waals surface area contributed by atoms with Gasteiger partial charge in [-0.3, -0.25) is 4.99 Å². The number of benzene rings is 2. The highest BCUT2D eigenvalue weighted by molar-refractivity contribution is 5.82. The lowest BCUT2D eigenvalue weighted by molar-refractivity contribution is -0.991. The monoisotopic (exact) mass is 402 g/mol. The average Bonchev–Trinajstić information content (AvgIpc) is 3.36. The van der Waals surface area contributed by atoms with Crippen molar-refractivity contribution in [3.63, 3.8) is 0 Å². The highest BCUT2D eigenvalue weighted by Crippen LogP contribution is 2.34. The third-order valence-electron chi connectivity index (χ3n) is 4.81. The third kappa shape index (κ3) is 4.41. The molecular formula is C24H22N2O4. The summed E-state index contributed by atoms with van der Waals surface area (Å²) < 4.78 is 11.8. The van der Waals surface area contributed by atoms with E-state index < -0.39 is 5.23 Å². The van der Waals surface area contributed by atoms with E-state index in [0.29, 0.717) is 0 Å². The fourth-order valence-corrected chi connectivity index (χ4v) is 3.34. The van der Waals surface area contributed by atoms with Crippen LogP contribution in [0.4, 0.5) is 11.4 Å². The SMILES string of the molecule is Cc1ccc(C(c2ccc(N=Cc3cccc([NH+]([O-])O)c3)cc2)c2ccc(C)o2)o1. The Labute approximate surface area is 174 Å². The van der Waals surface area contributed by atoms with Crippen molar-refractivity contribution in [2.45, 2.75) is 19.8 Å². The zero-order valence-corrected chi connectivity index (χ0v) is 16.7. The lowest BCUT2D eigenvalue weighted by Gasteiger charge is -2.13. The van der Waals surface area contributed by atoms with Crippen molar-refractivity contribution in [3.05, 3.63) is 112 Å². The van der Waals surface area contributed by atoms with E-state index in [1.807, 2.05) is 68.4 Å². The summed E-state index contributed by atoms with van der Waals surface area (Å²) in [5, 5.41) is 19.3. The van der Waals surface area contributed by atoms with Crippen molar-refractivity contribution in [1.29, 1.82) is 0 Å².